The average molecular weight is 517 g/mol. The van der Waals surface area contributed by atoms with Crippen LogP contribution in [0.15, 0.2) is 41.5 Å². The van der Waals surface area contributed by atoms with Crippen LogP contribution in [-0.2, 0) is 4.79 Å². The molecule has 6 atom stereocenters. The van der Waals surface area contributed by atoms with Crippen molar-refractivity contribution in [2.24, 2.45) is 28.6 Å². The Morgan fingerprint density at radius 2 is 1.69 bits per heavy atom. The van der Waals surface area contributed by atoms with Crippen molar-refractivity contribution in [2.45, 2.75) is 64.9 Å². The van der Waals surface area contributed by atoms with Crippen LogP contribution in [0.2, 0.25) is 0 Å². The molecule has 5 rings (SSSR count). The standard InChI is InChI=1S/C30H39Cl2NO2/c1-29-11-9-24(34)19-22(29)5-8-25-26(29)10-12-30(2)27(25)18-21(28(30)35)17-20-3-6-23(7-4-20)33(15-13-31)16-14-32/h3-7,17,24-27,34H,8-16,18-19H2,1-2H3/b21-17+. The number of hydrogen-bond acceptors (Lipinski definition) is 3. The average Bonchev–Trinajstić information content (AvgIpc) is 3.10. The summed E-state index contributed by atoms with van der Waals surface area (Å²) in [7, 11) is 0. The first-order chi connectivity index (χ1) is 16.8. The third-order valence-electron chi connectivity index (χ3n) is 10.0. The van der Waals surface area contributed by atoms with Gasteiger partial charge in [0.2, 0.25) is 0 Å². The lowest BCUT2D eigenvalue weighted by Crippen LogP contribution is -2.50. The Kier molecular flexibility index (Phi) is 7.16. The van der Waals surface area contributed by atoms with Gasteiger partial charge >= 0.3 is 0 Å². The first-order valence-corrected chi connectivity index (χ1v) is 14.5. The summed E-state index contributed by atoms with van der Waals surface area (Å²) in [5, 5.41) is 10.3. The van der Waals surface area contributed by atoms with Gasteiger partial charge in [-0.1, -0.05) is 37.6 Å². The van der Waals surface area contributed by atoms with Gasteiger partial charge in [0.25, 0.3) is 0 Å². The second-order valence-electron chi connectivity index (χ2n) is 11.8. The molecule has 4 aliphatic carbocycles. The number of alkyl halides is 2. The zero-order chi connectivity index (χ0) is 24.8. The zero-order valence-electron chi connectivity index (χ0n) is 21.1. The number of carbonyl (C=O) groups excluding carboxylic acids is 1. The fourth-order valence-electron chi connectivity index (χ4n) is 8.00. The number of aliphatic hydroxyl groups excluding tert-OH is 1. The van der Waals surface area contributed by atoms with Crippen LogP contribution < -0.4 is 4.90 Å². The molecule has 0 saturated heterocycles. The summed E-state index contributed by atoms with van der Waals surface area (Å²) < 4.78 is 0. The van der Waals surface area contributed by atoms with E-state index < -0.39 is 0 Å². The number of Topliss-reactive ketones (excluding diaryl/α,β-unsaturated/α-hetero) is 1. The largest absolute Gasteiger partial charge is 0.393 e. The summed E-state index contributed by atoms with van der Waals surface area (Å²) in [5.74, 6) is 3.12. The lowest BCUT2D eigenvalue weighted by Gasteiger charge is -2.56. The molecule has 3 nitrogen and oxygen atoms in total. The van der Waals surface area contributed by atoms with Gasteiger partial charge in [0.05, 0.1) is 6.10 Å². The van der Waals surface area contributed by atoms with E-state index in [4.69, 9.17) is 23.2 Å². The second kappa shape index (κ2) is 9.88. The van der Waals surface area contributed by atoms with E-state index in [1.54, 1.807) is 0 Å². The van der Waals surface area contributed by atoms with E-state index in [1.807, 2.05) is 0 Å². The number of halogens is 2. The fraction of sp³-hybridized carbons (Fsp3) is 0.633. The summed E-state index contributed by atoms with van der Waals surface area (Å²) in [6, 6.07) is 8.45. The van der Waals surface area contributed by atoms with Crippen molar-refractivity contribution in [3.63, 3.8) is 0 Å². The predicted molar refractivity (Wildman–Crippen MR) is 146 cm³/mol. The van der Waals surface area contributed by atoms with E-state index in [0.717, 1.165) is 74.9 Å². The minimum atomic E-state index is -0.236. The molecule has 3 saturated carbocycles. The molecule has 35 heavy (non-hydrogen) atoms. The molecule has 0 spiro atoms. The van der Waals surface area contributed by atoms with Gasteiger partial charge in [-0.2, -0.15) is 0 Å². The van der Waals surface area contributed by atoms with Crippen molar-refractivity contribution in [3.05, 3.63) is 47.1 Å². The predicted octanol–water partition coefficient (Wildman–Crippen LogP) is 6.86. The number of hydrogen-bond donors (Lipinski definition) is 1. The van der Waals surface area contributed by atoms with Crippen LogP contribution in [0.4, 0.5) is 5.69 Å². The van der Waals surface area contributed by atoms with Crippen LogP contribution in [0.3, 0.4) is 0 Å². The zero-order valence-corrected chi connectivity index (χ0v) is 22.6. The number of aliphatic hydroxyl groups is 1. The number of benzene rings is 1. The van der Waals surface area contributed by atoms with E-state index in [1.165, 1.54) is 5.57 Å². The summed E-state index contributed by atoms with van der Waals surface area (Å²) in [4.78, 5) is 15.9. The summed E-state index contributed by atoms with van der Waals surface area (Å²) in [6.45, 7) is 6.22. The van der Waals surface area contributed by atoms with Crippen molar-refractivity contribution in [2.75, 3.05) is 29.7 Å². The quantitative estimate of drug-likeness (QED) is 0.255. The van der Waals surface area contributed by atoms with Gasteiger partial charge in [0.15, 0.2) is 5.78 Å². The van der Waals surface area contributed by atoms with Gasteiger partial charge in [-0.05, 0) is 97.5 Å². The Bertz CT molecular complexity index is 1010. The third kappa shape index (κ3) is 4.40. The van der Waals surface area contributed by atoms with Gasteiger partial charge in [-0.15, -0.1) is 23.2 Å². The Morgan fingerprint density at radius 1 is 1.00 bits per heavy atom. The Labute approximate surface area is 220 Å². The van der Waals surface area contributed by atoms with Crippen molar-refractivity contribution >= 4 is 40.7 Å². The smallest absolute Gasteiger partial charge is 0.165 e. The first-order valence-electron chi connectivity index (χ1n) is 13.4. The SMILES string of the molecule is CC12CCC3C(CC=C4CC(O)CCC43C)C1C/C(=C\c1ccc(N(CCCl)CCCl)cc1)C2=O. The van der Waals surface area contributed by atoms with E-state index in [2.05, 4.69) is 55.2 Å². The number of rotatable bonds is 6. The maximum Gasteiger partial charge on any atom is 0.165 e. The molecule has 0 radical (unpaired) electrons. The molecule has 190 valence electrons. The van der Waals surface area contributed by atoms with Crippen LogP contribution in [-0.4, -0.2) is 41.8 Å². The molecule has 0 aromatic heterocycles. The Hall–Kier alpha value is -1.29. The van der Waals surface area contributed by atoms with Gasteiger partial charge in [0, 0.05) is 36.0 Å². The molecule has 0 aliphatic heterocycles. The Balaban J connectivity index is 1.38. The molecule has 0 amide bonds. The van der Waals surface area contributed by atoms with Crippen LogP contribution >= 0.6 is 23.2 Å². The number of nitrogens with zero attached hydrogens (tertiary/aromatic N) is 1. The highest BCUT2D eigenvalue weighted by molar-refractivity contribution is 6.18. The van der Waals surface area contributed by atoms with E-state index in [9.17, 15) is 9.90 Å². The molecule has 0 bridgehead atoms. The van der Waals surface area contributed by atoms with Gasteiger partial charge < -0.3 is 10.0 Å². The minimum absolute atomic E-state index is 0.175. The molecule has 1 aromatic rings. The van der Waals surface area contributed by atoms with Crippen molar-refractivity contribution < 1.29 is 9.90 Å². The molecule has 3 fully saturated rings. The highest BCUT2D eigenvalue weighted by Gasteiger charge is 2.59. The normalized spacial score (nSPS) is 37.5. The van der Waals surface area contributed by atoms with E-state index in [0.29, 0.717) is 35.3 Å². The van der Waals surface area contributed by atoms with Gasteiger partial charge in [0.1, 0.15) is 0 Å². The lowest BCUT2D eigenvalue weighted by molar-refractivity contribution is -0.130. The summed E-state index contributed by atoms with van der Waals surface area (Å²) in [6.07, 6.45) is 11.3. The molecule has 0 heterocycles. The number of carbonyl (C=O) groups is 1. The maximum atomic E-state index is 13.7. The lowest BCUT2D eigenvalue weighted by atomic mass is 9.48. The number of allylic oxidation sites excluding steroid dienone is 2. The highest BCUT2D eigenvalue weighted by atomic mass is 35.5. The van der Waals surface area contributed by atoms with E-state index >= 15 is 0 Å². The third-order valence-corrected chi connectivity index (χ3v) is 10.4. The maximum absolute atomic E-state index is 13.7. The Morgan fingerprint density at radius 3 is 2.37 bits per heavy atom. The second-order valence-corrected chi connectivity index (χ2v) is 12.5. The van der Waals surface area contributed by atoms with Crippen LogP contribution in [0.5, 0.6) is 0 Å². The molecule has 6 unspecified atom stereocenters. The molecule has 5 heteroatoms. The van der Waals surface area contributed by atoms with E-state index in [-0.39, 0.29) is 16.9 Å². The topological polar surface area (TPSA) is 40.5 Å². The van der Waals surface area contributed by atoms with Crippen molar-refractivity contribution in [1.29, 1.82) is 0 Å². The molecular weight excluding hydrogens is 477 g/mol. The number of fused-ring (bicyclic) bond motifs is 5. The first kappa shape index (κ1) is 25.4. The van der Waals surface area contributed by atoms with Gasteiger partial charge in [-0.25, -0.2) is 0 Å². The van der Waals surface area contributed by atoms with Crippen LogP contribution in [0.25, 0.3) is 6.08 Å². The molecule has 1 N–H and O–H groups in total. The van der Waals surface area contributed by atoms with Crippen molar-refractivity contribution in [1.82, 2.24) is 0 Å². The molecular formula is C30H39Cl2NO2. The minimum Gasteiger partial charge on any atom is -0.393 e. The van der Waals surface area contributed by atoms with Crippen LogP contribution in [0.1, 0.15) is 64.4 Å². The summed E-state index contributed by atoms with van der Waals surface area (Å²) in [5.41, 5.74) is 4.66. The van der Waals surface area contributed by atoms with Crippen molar-refractivity contribution in [3.8, 4) is 0 Å². The molecule has 4 aliphatic rings. The molecule has 1 aromatic carbocycles. The fourth-order valence-corrected chi connectivity index (χ4v) is 8.41. The monoisotopic (exact) mass is 515 g/mol. The summed E-state index contributed by atoms with van der Waals surface area (Å²) >= 11 is 11.9. The van der Waals surface area contributed by atoms with Gasteiger partial charge in [-0.3, -0.25) is 4.79 Å². The number of ketones is 1. The number of anilines is 1. The highest BCUT2D eigenvalue weighted by Crippen LogP contribution is 2.64. The van der Waals surface area contributed by atoms with Crippen LogP contribution in [0, 0.1) is 28.6 Å².